The van der Waals surface area contributed by atoms with Gasteiger partial charge in [0.05, 0.1) is 0 Å². The first-order valence-electron chi connectivity index (χ1n) is 18.8. The number of amides is 2. The number of fused-ring (bicyclic) bond motifs is 5. The molecule has 1 heterocycles. The largest absolute Gasteiger partial charge is 0.351 e. The van der Waals surface area contributed by atoms with Crippen LogP contribution in [-0.2, 0) is 16.1 Å². The Kier molecular flexibility index (Phi) is 9.31. The molecule has 4 saturated carbocycles. The van der Waals surface area contributed by atoms with Crippen molar-refractivity contribution in [1.82, 2.24) is 10.2 Å². The zero-order valence-electron chi connectivity index (χ0n) is 28.7. The molecule has 1 aliphatic heterocycles. The highest BCUT2D eigenvalue weighted by molar-refractivity contribution is 5.94. The molecular weight excluding hydrogens is 540 g/mol. The summed E-state index contributed by atoms with van der Waals surface area (Å²) in [7, 11) is 0. The summed E-state index contributed by atoms with van der Waals surface area (Å²) in [6.45, 7) is 12.9. The van der Waals surface area contributed by atoms with E-state index in [2.05, 4.69) is 69.1 Å². The van der Waals surface area contributed by atoms with E-state index in [0.29, 0.717) is 30.2 Å². The minimum Gasteiger partial charge on any atom is -0.351 e. The van der Waals surface area contributed by atoms with Crippen LogP contribution >= 0.6 is 0 Å². The fraction of sp³-hybridized carbons (Fsp3) is 0.800. The summed E-state index contributed by atoms with van der Waals surface area (Å²) in [6, 6.07) is 10.7. The van der Waals surface area contributed by atoms with Crippen LogP contribution < -0.4 is 5.32 Å². The number of hydrogen-bond donors (Lipinski definition) is 1. The normalized spacial score (nSPS) is 38.1. The van der Waals surface area contributed by atoms with Gasteiger partial charge in [0, 0.05) is 24.4 Å². The minimum absolute atomic E-state index is 0.172. The van der Waals surface area contributed by atoms with Gasteiger partial charge in [-0.1, -0.05) is 103 Å². The van der Waals surface area contributed by atoms with Crippen LogP contribution in [0.25, 0.3) is 0 Å². The molecule has 6 rings (SSSR count). The molecule has 1 aromatic rings. The van der Waals surface area contributed by atoms with E-state index in [0.717, 1.165) is 61.3 Å². The van der Waals surface area contributed by atoms with Crippen LogP contribution in [0.3, 0.4) is 0 Å². The van der Waals surface area contributed by atoms with Crippen molar-refractivity contribution >= 4 is 11.8 Å². The Morgan fingerprint density at radius 2 is 1.64 bits per heavy atom. The maximum Gasteiger partial charge on any atom is 0.246 e. The summed E-state index contributed by atoms with van der Waals surface area (Å²) < 4.78 is 0. The van der Waals surface area contributed by atoms with Crippen LogP contribution in [0.2, 0.25) is 0 Å². The second-order valence-electron chi connectivity index (χ2n) is 17.0. The lowest BCUT2D eigenvalue weighted by Gasteiger charge is -2.67. The Morgan fingerprint density at radius 3 is 2.36 bits per heavy atom. The topological polar surface area (TPSA) is 49.4 Å². The van der Waals surface area contributed by atoms with Crippen molar-refractivity contribution in [2.75, 3.05) is 0 Å². The van der Waals surface area contributed by atoms with E-state index in [1.54, 1.807) is 0 Å². The molecule has 0 unspecified atom stereocenters. The molecule has 4 aliphatic carbocycles. The van der Waals surface area contributed by atoms with Gasteiger partial charge >= 0.3 is 0 Å². The van der Waals surface area contributed by atoms with E-state index in [1.165, 1.54) is 64.2 Å². The molecule has 44 heavy (non-hydrogen) atoms. The molecule has 244 valence electrons. The predicted molar refractivity (Wildman–Crippen MR) is 180 cm³/mol. The second kappa shape index (κ2) is 12.7. The molecule has 5 aliphatic rings. The van der Waals surface area contributed by atoms with Crippen molar-refractivity contribution in [2.45, 2.75) is 155 Å². The van der Waals surface area contributed by atoms with Crippen LogP contribution in [0.1, 0.15) is 143 Å². The van der Waals surface area contributed by atoms with Gasteiger partial charge in [-0.25, -0.2) is 0 Å². The number of carbonyl (C=O) groups excluding carboxylic acids is 2. The lowest BCUT2D eigenvalue weighted by atomic mass is 9.42. The Labute approximate surface area is 268 Å². The van der Waals surface area contributed by atoms with Crippen molar-refractivity contribution in [3.05, 3.63) is 35.9 Å². The molecule has 0 aromatic heterocycles. The van der Waals surface area contributed by atoms with Crippen LogP contribution in [0.5, 0.6) is 0 Å². The summed E-state index contributed by atoms with van der Waals surface area (Å²) >= 11 is 0. The second-order valence-corrected chi connectivity index (χ2v) is 17.0. The highest BCUT2D eigenvalue weighted by Crippen LogP contribution is 2.69. The van der Waals surface area contributed by atoms with Crippen LogP contribution in [0, 0.1) is 46.3 Å². The number of likely N-dealkylation sites (tertiary alicyclic amines) is 1. The maximum absolute atomic E-state index is 14.9. The fourth-order valence-electron chi connectivity index (χ4n) is 12.1. The highest BCUT2D eigenvalue weighted by atomic mass is 16.2. The summed E-state index contributed by atoms with van der Waals surface area (Å²) in [6.07, 6.45) is 18.5. The third kappa shape index (κ3) is 5.46. The van der Waals surface area contributed by atoms with E-state index >= 15 is 0 Å². The number of nitrogens with one attached hydrogen (secondary N) is 1. The molecule has 0 spiro atoms. The monoisotopic (exact) mass is 602 g/mol. The Balaban J connectivity index is 1.30. The first kappa shape index (κ1) is 32.1. The van der Waals surface area contributed by atoms with Crippen LogP contribution in [0.15, 0.2) is 30.3 Å². The van der Waals surface area contributed by atoms with E-state index in [4.69, 9.17) is 0 Å². The van der Waals surface area contributed by atoms with Gasteiger partial charge in [0.2, 0.25) is 11.8 Å². The molecular formula is C40H62N2O2. The van der Waals surface area contributed by atoms with Gasteiger partial charge in [0.15, 0.2) is 0 Å². The summed E-state index contributed by atoms with van der Waals surface area (Å²) in [5.41, 5.74) is 0.609. The summed E-state index contributed by atoms with van der Waals surface area (Å²) in [5, 5.41) is 3.61. The van der Waals surface area contributed by atoms with Crippen LogP contribution in [-0.4, -0.2) is 28.3 Å². The zero-order valence-corrected chi connectivity index (χ0v) is 28.7. The average Bonchev–Trinajstić information content (AvgIpc) is 3.37. The fourth-order valence-corrected chi connectivity index (χ4v) is 12.1. The Bertz CT molecular complexity index is 1160. The molecule has 5 fully saturated rings. The molecule has 1 aromatic carbocycles. The van der Waals surface area contributed by atoms with Gasteiger partial charge < -0.3 is 10.2 Å². The van der Waals surface area contributed by atoms with Crippen molar-refractivity contribution in [3.63, 3.8) is 0 Å². The number of nitrogens with zero attached hydrogens (tertiary/aromatic N) is 1. The average molecular weight is 603 g/mol. The summed E-state index contributed by atoms with van der Waals surface area (Å²) in [5.74, 6) is 4.72. The van der Waals surface area contributed by atoms with E-state index < -0.39 is 5.54 Å². The number of benzene rings is 1. The van der Waals surface area contributed by atoms with Crippen molar-refractivity contribution < 1.29 is 9.59 Å². The number of rotatable bonds is 9. The first-order valence-corrected chi connectivity index (χ1v) is 18.8. The SMILES string of the molecule is CC(C)CCC[C@@H](C)[C@H]1CC[C@H]2[C@@H]3CC[C@@]4(C(=O)NC5CCCCC5)N(Cc5ccccc5)C(=O)CC[C@]4(C)[C@H]3CC[C@]12C. The van der Waals surface area contributed by atoms with E-state index in [-0.39, 0.29) is 23.3 Å². The third-order valence-electron chi connectivity index (χ3n) is 14.4. The number of piperidine rings is 1. The van der Waals surface area contributed by atoms with E-state index in [1.807, 2.05) is 6.07 Å². The lowest BCUT2D eigenvalue weighted by molar-refractivity contribution is -0.198. The molecule has 4 nitrogen and oxygen atoms in total. The number of hydrogen-bond acceptors (Lipinski definition) is 2. The molecule has 1 N–H and O–H groups in total. The molecule has 8 atom stereocenters. The maximum atomic E-state index is 14.9. The smallest absolute Gasteiger partial charge is 0.246 e. The highest BCUT2D eigenvalue weighted by Gasteiger charge is 2.69. The lowest BCUT2D eigenvalue weighted by Crippen LogP contribution is -2.75. The Hall–Kier alpha value is -1.84. The number of carbonyl (C=O) groups is 2. The van der Waals surface area contributed by atoms with Gasteiger partial charge in [0.25, 0.3) is 0 Å². The first-order chi connectivity index (χ1) is 21.1. The summed E-state index contributed by atoms with van der Waals surface area (Å²) in [4.78, 5) is 31.0. The van der Waals surface area contributed by atoms with Crippen molar-refractivity contribution in [3.8, 4) is 0 Å². The van der Waals surface area contributed by atoms with Crippen molar-refractivity contribution in [1.29, 1.82) is 0 Å². The van der Waals surface area contributed by atoms with Gasteiger partial charge in [0.1, 0.15) is 5.54 Å². The van der Waals surface area contributed by atoms with Crippen LogP contribution in [0.4, 0.5) is 0 Å². The zero-order chi connectivity index (χ0) is 31.1. The standard InChI is InChI=1S/C40H62N2O2/c1-28(2)13-12-14-29(3)33-19-20-34-32-21-26-40(37(44)41-31-17-10-7-11-18-31)39(5,35(32)22-24-38(33,34)4)25-23-36(43)42(40)27-30-15-8-6-9-16-30/h6,8-9,15-16,28-29,31-35H,7,10-14,17-27H2,1-5H3,(H,41,44)/t29-,32+,33-,34+,35+,38-,39-,40+/m1/s1. The van der Waals surface area contributed by atoms with Gasteiger partial charge in [-0.2, -0.15) is 0 Å². The van der Waals surface area contributed by atoms with Gasteiger partial charge in [-0.05, 0) is 104 Å². The third-order valence-corrected chi connectivity index (χ3v) is 14.4. The van der Waals surface area contributed by atoms with E-state index in [9.17, 15) is 9.59 Å². The molecule has 0 bridgehead atoms. The molecule has 4 heteroatoms. The minimum atomic E-state index is -0.757. The van der Waals surface area contributed by atoms with Crippen molar-refractivity contribution in [2.24, 2.45) is 46.3 Å². The predicted octanol–water partition coefficient (Wildman–Crippen LogP) is 9.32. The Morgan fingerprint density at radius 1 is 0.886 bits per heavy atom. The molecule has 1 saturated heterocycles. The van der Waals surface area contributed by atoms with Gasteiger partial charge in [-0.15, -0.1) is 0 Å². The molecule has 0 radical (unpaired) electrons. The van der Waals surface area contributed by atoms with Gasteiger partial charge in [-0.3, -0.25) is 9.59 Å². The quantitative estimate of drug-likeness (QED) is 0.306. The molecule has 2 amide bonds.